The van der Waals surface area contributed by atoms with E-state index >= 15 is 0 Å². The fourth-order valence-electron chi connectivity index (χ4n) is 6.52. The molecule has 16 heteroatoms. The number of aromatic nitrogens is 1. The average Bonchev–Trinajstić information content (AvgIpc) is 3.75. The fraction of sp³-hybridized carbons (Fsp3) is 0.438. The first-order valence-corrected chi connectivity index (χ1v) is 16.1. The maximum absolute atomic E-state index is 14.3. The predicted molar refractivity (Wildman–Crippen MR) is 183 cm³/mol. The molecule has 2 amide bonds. The topological polar surface area (TPSA) is 152 Å². The molecular weight excluding hydrogens is 714 g/mol. The quantitative estimate of drug-likeness (QED) is 0.205. The van der Waals surface area contributed by atoms with Crippen LogP contribution in [0.1, 0.15) is 39.3 Å². The number of fused-ring (bicyclic) bond motifs is 4. The lowest BCUT2D eigenvalue weighted by atomic mass is 9.89. The van der Waals surface area contributed by atoms with Crippen molar-refractivity contribution in [2.75, 3.05) is 83.8 Å². The van der Waals surface area contributed by atoms with E-state index in [0.29, 0.717) is 70.9 Å². The van der Waals surface area contributed by atoms with Crippen LogP contribution in [0, 0.1) is 0 Å². The number of likely N-dealkylation sites (N-methyl/N-ethyl adjacent to an activating group) is 1. The molecule has 6 rings (SSSR count). The Labute approximate surface area is 291 Å². The maximum atomic E-state index is 14.3. The summed E-state index contributed by atoms with van der Waals surface area (Å²) < 4.78 is 27.5. The van der Waals surface area contributed by atoms with E-state index in [-0.39, 0.29) is 47.6 Å². The number of carbonyl (C=O) groups is 4. The standard InChI is InChI=1S/C32H36BrN5O9.ClH/c1-32(30(41)46-6)28(39)23-22-17(14-33)15-38(19(22)13-20(25(23)35-32)47-31(42)37-9-7-36(2)8-10-37)29(40)18-11-16-12-21(43-3)26(44-4)27(45-5)24(16)34-18;/h11-13,17,34-35H,7-10,14-15H2,1-6H3;1H/t17-,32-;/m1./s1. The van der Waals surface area contributed by atoms with E-state index in [1.807, 2.05) is 7.05 Å². The second-order valence-electron chi connectivity index (χ2n) is 11.8. The van der Waals surface area contributed by atoms with Gasteiger partial charge in [-0.25, -0.2) is 9.59 Å². The second-order valence-corrected chi connectivity index (χ2v) is 12.5. The third-order valence-corrected chi connectivity index (χ3v) is 9.88. The third kappa shape index (κ3) is 5.47. The van der Waals surface area contributed by atoms with Gasteiger partial charge in [0.2, 0.25) is 11.5 Å². The van der Waals surface area contributed by atoms with E-state index in [1.54, 1.807) is 28.0 Å². The number of rotatable bonds is 7. The van der Waals surface area contributed by atoms with Crippen LogP contribution in [0.3, 0.4) is 0 Å². The molecule has 2 atom stereocenters. The van der Waals surface area contributed by atoms with E-state index in [4.69, 9.17) is 23.7 Å². The summed E-state index contributed by atoms with van der Waals surface area (Å²) in [5.41, 5.74) is 0.365. The van der Waals surface area contributed by atoms with Gasteiger partial charge in [0, 0.05) is 55.4 Å². The van der Waals surface area contributed by atoms with Gasteiger partial charge in [0.15, 0.2) is 22.8 Å². The number of methoxy groups -OCH3 is 4. The molecule has 0 bridgehead atoms. The molecular formula is C32H37BrClN5O9. The molecule has 2 aromatic carbocycles. The first-order valence-electron chi connectivity index (χ1n) is 15.0. The van der Waals surface area contributed by atoms with E-state index in [0.717, 1.165) is 0 Å². The summed E-state index contributed by atoms with van der Waals surface area (Å²) in [6.45, 7) is 3.92. The van der Waals surface area contributed by atoms with Crippen molar-refractivity contribution in [2.45, 2.75) is 18.4 Å². The molecule has 3 aromatic rings. The molecule has 4 heterocycles. The van der Waals surface area contributed by atoms with Gasteiger partial charge in [-0.1, -0.05) is 15.9 Å². The van der Waals surface area contributed by atoms with Gasteiger partial charge in [-0.2, -0.15) is 0 Å². The minimum absolute atomic E-state index is 0. The molecule has 48 heavy (non-hydrogen) atoms. The number of aromatic amines is 1. The van der Waals surface area contributed by atoms with Gasteiger partial charge in [-0.05, 0) is 31.7 Å². The number of anilines is 2. The van der Waals surface area contributed by atoms with Crippen LogP contribution in [-0.4, -0.2) is 118 Å². The summed E-state index contributed by atoms with van der Waals surface area (Å²) in [7, 11) is 7.68. The Morgan fingerprint density at radius 1 is 0.979 bits per heavy atom. The Kier molecular flexibility index (Phi) is 9.77. The van der Waals surface area contributed by atoms with Gasteiger partial charge in [-0.3, -0.25) is 9.59 Å². The highest BCUT2D eigenvalue weighted by molar-refractivity contribution is 9.09. The van der Waals surface area contributed by atoms with E-state index < -0.39 is 29.3 Å². The maximum Gasteiger partial charge on any atom is 0.415 e. The lowest BCUT2D eigenvalue weighted by molar-refractivity contribution is -0.143. The number of Topliss-reactive ketones (excluding diaryl/α,β-unsaturated/α-hetero) is 1. The Morgan fingerprint density at radius 3 is 2.27 bits per heavy atom. The summed E-state index contributed by atoms with van der Waals surface area (Å²) in [5.74, 6) is -0.837. The molecule has 0 unspecified atom stereocenters. The Morgan fingerprint density at radius 2 is 1.67 bits per heavy atom. The summed E-state index contributed by atoms with van der Waals surface area (Å²) in [4.78, 5) is 63.1. The van der Waals surface area contributed by atoms with E-state index in [2.05, 4.69) is 31.1 Å². The summed E-state index contributed by atoms with van der Waals surface area (Å²) in [5, 5.41) is 4.07. The Balaban J connectivity index is 0.00000451. The number of nitrogens with one attached hydrogen (secondary N) is 2. The van der Waals surface area contributed by atoms with Crippen molar-refractivity contribution in [2.24, 2.45) is 0 Å². The molecule has 3 aliphatic rings. The number of H-pyrrole nitrogens is 1. The number of piperazine rings is 1. The van der Waals surface area contributed by atoms with Gasteiger partial charge in [0.25, 0.3) is 5.91 Å². The van der Waals surface area contributed by atoms with Gasteiger partial charge in [0.1, 0.15) is 5.69 Å². The number of nitrogens with zero attached hydrogens (tertiary/aromatic N) is 3. The monoisotopic (exact) mass is 749 g/mol. The average molecular weight is 751 g/mol. The number of amides is 2. The lowest BCUT2D eigenvalue weighted by Crippen LogP contribution is -2.48. The van der Waals surface area contributed by atoms with Gasteiger partial charge in [-0.15, -0.1) is 12.4 Å². The van der Waals surface area contributed by atoms with Crippen LogP contribution in [0.2, 0.25) is 0 Å². The SMILES string of the molecule is COC(=O)[C@]1(C)Nc2c(OC(=O)N3CCN(C)CC3)cc3c(c2C1=O)[C@H](CBr)CN3C(=O)c1cc2cc(OC)c(OC)c(OC)c2[nH]1.Cl. The van der Waals surface area contributed by atoms with Crippen LogP contribution in [-0.2, 0) is 9.53 Å². The highest BCUT2D eigenvalue weighted by atomic mass is 79.9. The first-order chi connectivity index (χ1) is 22.5. The molecule has 0 saturated carbocycles. The lowest BCUT2D eigenvalue weighted by Gasteiger charge is -2.31. The normalized spacial score (nSPS) is 20.1. The Bertz CT molecular complexity index is 1810. The van der Waals surface area contributed by atoms with E-state index in [1.165, 1.54) is 35.4 Å². The zero-order valence-electron chi connectivity index (χ0n) is 27.4. The van der Waals surface area contributed by atoms with Crippen molar-refractivity contribution >= 4 is 74.4 Å². The number of halogens is 2. The highest BCUT2D eigenvalue weighted by Crippen LogP contribution is 2.52. The van der Waals surface area contributed by atoms with Crippen molar-refractivity contribution in [1.29, 1.82) is 0 Å². The summed E-state index contributed by atoms with van der Waals surface area (Å²) in [6.07, 6.45) is -0.598. The second kappa shape index (κ2) is 13.4. The number of hydrogen-bond donors (Lipinski definition) is 2. The minimum Gasteiger partial charge on any atom is -0.493 e. The summed E-state index contributed by atoms with van der Waals surface area (Å²) in [6, 6.07) is 5.01. The zero-order valence-corrected chi connectivity index (χ0v) is 29.8. The number of esters is 1. The van der Waals surface area contributed by atoms with Crippen LogP contribution in [0.5, 0.6) is 23.0 Å². The van der Waals surface area contributed by atoms with Crippen molar-refractivity contribution in [3.05, 3.63) is 35.0 Å². The molecule has 3 aliphatic heterocycles. The first kappa shape index (κ1) is 35.1. The number of benzene rings is 2. The zero-order chi connectivity index (χ0) is 33.8. The highest BCUT2D eigenvalue weighted by Gasteiger charge is 2.53. The summed E-state index contributed by atoms with van der Waals surface area (Å²) >= 11 is 3.56. The molecule has 14 nitrogen and oxygen atoms in total. The van der Waals surface area contributed by atoms with Crippen LogP contribution in [0.4, 0.5) is 16.2 Å². The van der Waals surface area contributed by atoms with Crippen LogP contribution >= 0.6 is 28.3 Å². The smallest absolute Gasteiger partial charge is 0.415 e. The Hall–Kier alpha value is -4.21. The molecule has 1 aromatic heterocycles. The van der Waals surface area contributed by atoms with Crippen molar-refractivity contribution in [1.82, 2.24) is 14.8 Å². The van der Waals surface area contributed by atoms with Crippen LogP contribution in [0.25, 0.3) is 10.9 Å². The fourth-order valence-corrected chi connectivity index (χ4v) is 7.05. The number of alkyl halides is 1. The number of hydrogen-bond acceptors (Lipinski definition) is 11. The molecule has 0 spiro atoms. The minimum atomic E-state index is -1.76. The largest absolute Gasteiger partial charge is 0.493 e. The van der Waals surface area contributed by atoms with Gasteiger partial charge >= 0.3 is 12.1 Å². The third-order valence-electron chi connectivity index (χ3n) is 9.10. The molecule has 2 N–H and O–H groups in total. The molecule has 0 radical (unpaired) electrons. The predicted octanol–water partition coefficient (Wildman–Crippen LogP) is 4.04. The van der Waals surface area contributed by atoms with Crippen molar-refractivity contribution < 1.29 is 42.9 Å². The number of ether oxygens (including phenoxy) is 5. The van der Waals surface area contributed by atoms with Crippen molar-refractivity contribution in [3.63, 3.8) is 0 Å². The molecule has 0 aliphatic carbocycles. The molecule has 258 valence electrons. The molecule has 1 saturated heterocycles. The van der Waals surface area contributed by atoms with Crippen LogP contribution < -0.4 is 29.2 Å². The number of carbonyl (C=O) groups excluding carboxylic acids is 4. The van der Waals surface area contributed by atoms with Gasteiger partial charge in [0.05, 0.1) is 50.9 Å². The van der Waals surface area contributed by atoms with Gasteiger partial charge < -0.3 is 48.7 Å². The number of ketones is 1. The van der Waals surface area contributed by atoms with Crippen molar-refractivity contribution in [3.8, 4) is 23.0 Å². The van der Waals surface area contributed by atoms with Crippen LogP contribution in [0.15, 0.2) is 18.2 Å². The van der Waals surface area contributed by atoms with E-state index in [9.17, 15) is 19.2 Å². The molecule has 1 fully saturated rings.